The molecule has 1 aromatic rings. The topological polar surface area (TPSA) is 61.8 Å². The molecule has 1 aromatic carbocycles. The first-order valence-corrected chi connectivity index (χ1v) is 5.58. The van der Waals surface area contributed by atoms with Gasteiger partial charge in [-0.1, -0.05) is 18.7 Å². The van der Waals surface area contributed by atoms with Gasteiger partial charge in [-0.2, -0.15) is 0 Å². The lowest BCUT2D eigenvalue weighted by atomic mass is 10.0. The fraction of sp³-hybridized carbons (Fsp3) is 0.286. The Morgan fingerprint density at radius 2 is 1.95 bits per heavy atom. The van der Waals surface area contributed by atoms with Gasteiger partial charge in [-0.3, -0.25) is 4.79 Å². The number of hydrogen-bond acceptors (Lipinski definition) is 5. The van der Waals surface area contributed by atoms with Gasteiger partial charge in [-0.15, -0.1) is 0 Å². The second-order valence-corrected chi connectivity index (χ2v) is 3.78. The Morgan fingerprint density at radius 3 is 2.47 bits per heavy atom. The molecule has 1 atom stereocenters. The Morgan fingerprint density at radius 1 is 1.26 bits per heavy atom. The number of ether oxygens (including phenoxy) is 3. The number of esters is 2. The molecule has 0 spiro atoms. The van der Waals surface area contributed by atoms with Crippen LogP contribution in [-0.4, -0.2) is 26.2 Å². The van der Waals surface area contributed by atoms with E-state index in [4.69, 9.17) is 9.47 Å². The van der Waals surface area contributed by atoms with Crippen molar-refractivity contribution in [2.24, 2.45) is 0 Å². The van der Waals surface area contributed by atoms with Gasteiger partial charge in [-0.05, 0) is 12.1 Å². The minimum atomic E-state index is -0.889. The van der Waals surface area contributed by atoms with Crippen molar-refractivity contribution >= 4 is 11.9 Å². The molecular weight excluding hydrogens is 248 g/mol. The highest BCUT2D eigenvalue weighted by Crippen LogP contribution is 2.28. The molecule has 19 heavy (non-hydrogen) atoms. The van der Waals surface area contributed by atoms with Gasteiger partial charge in [0.25, 0.3) is 0 Å². The molecule has 0 amide bonds. The van der Waals surface area contributed by atoms with Crippen molar-refractivity contribution in [1.82, 2.24) is 0 Å². The first-order chi connectivity index (χ1) is 8.99. The monoisotopic (exact) mass is 264 g/mol. The molecule has 0 aliphatic heterocycles. The van der Waals surface area contributed by atoms with Crippen LogP contribution in [0.2, 0.25) is 0 Å². The van der Waals surface area contributed by atoms with E-state index in [-0.39, 0.29) is 5.57 Å². The number of carbonyl (C=O) groups excluding carboxylic acids is 2. The molecule has 5 heteroatoms. The van der Waals surface area contributed by atoms with Crippen LogP contribution >= 0.6 is 0 Å². The van der Waals surface area contributed by atoms with E-state index in [0.29, 0.717) is 11.3 Å². The number of carbonyl (C=O) groups is 2. The van der Waals surface area contributed by atoms with Gasteiger partial charge in [0.1, 0.15) is 5.75 Å². The third-order valence-electron chi connectivity index (χ3n) is 2.44. The van der Waals surface area contributed by atoms with Gasteiger partial charge >= 0.3 is 11.9 Å². The number of benzene rings is 1. The summed E-state index contributed by atoms with van der Waals surface area (Å²) in [6.45, 7) is 4.88. The van der Waals surface area contributed by atoms with Crippen molar-refractivity contribution in [2.75, 3.05) is 14.2 Å². The molecule has 5 nitrogen and oxygen atoms in total. The summed E-state index contributed by atoms with van der Waals surface area (Å²) in [6.07, 6.45) is -0.889. The number of rotatable bonds is 5. The predicted octanol–water partition coefficient (Wildman–Crippen LogP) is 2.03. The summed E-state index contributed by atoms with van der Waals surface area (Å²) in [7, 11) is 2.76. The molecule has 0 aliphatic rings. The van der Waals surface area contributed by atoms with Crippen molar-refractivity contribution in [3.63, 3.8) is 0 Å². The molecule has 0 saturated carbocycles. The summed E-state index contributed by atoms with van der Waals surface area (Å²) in [6, 6.07) is 6.86. The third kappa shape index (κ3) is 3.84. The van der Waals surface area contributed by atoms with E-state index in [1.54, 1.807) is 24.3 Å². The van der Waals surface area contributed by atoms with Gasteiger partial charge in [0.2, 0.25) is 0 Å². The quantitative estimate of drug-likeness (QED) is 0.601. The Labute approximate surface area is 111 Å². The molecular formula is C14H16O5. The molecule has 102 valence electrons. The highest BCUT2D eigenvalue weighted by molar-refractivity contribution is 5.89. The smallest absolute Gasteiger partial charge is 0.337 e. The van der Waals surface area contributed by atoms with Crippen LogP contribution in [0.25, 0.3) is 0 Å². The fourth-order valence-corrected chi connectivity index (χ4v) is 1.55. The molecule has 1 rings (SSSR count). The molecule has 0 radical (unpaired) electrons. The lowest BCUT2D eigenvalue weighted by molar-refractivity contribution is -0.147. The van der Waals surface area contributed by atoms with E-state index in [2.05, 4.69) is 11.3 Å². The van der Waals surface area contributed by atoms with E-state index in [1.165, 1.54) is 21.1 Å². The largest absolute Gasteiger partial charge is 0.497 e. The van der Waals surface area contributed by atoms with Crippen LogP contribution in [0.4, 0.5) is 0 Å². The average Bonchev–Trinajstić information content (AvgIpc) is 2.43. The van der Waals surface area contributed by atoms with Gasteiger partial charge in [-0.25, -0.2) is 4.79 Å². The Balaban J connectivity index is 3.11. The van der Waals surface area contributed by atoms with Crippen LogP contribution in [0.3, 0.4) is 0 Å². The highest BCUT2D eigenvalue weighted by Gasteiger charge is 2.24. The minimum Gasteiger partial charge on any atom is -0.497 e. The Hall–Kier alpha value is -2.30. The zero-order valence-corrected chi connectivity index (χ0v) is 11.1. The van der Waals surface area contributed by atoms with Gasteiger partial charge < -0.3 is 14.2 Å². The third-order valence-corrected chi connectivity index (χ3v) is 2.44. The fourth-order valence-electron chi connectivity index (χ4n) is 1.55. The zero-order chi connectivity index (χ0) is 14.4. The van der Waals surface area contributed by atoms with Gasteiger partial charge in [0.05, 0.1) is 19.8 Å². The zero-order valence-electron chi connectivity index (χ0n) is 11.1. The standard InChI is InChI=1S/C14H16O5/c1-9(14(16)18-4)13(19-10(2)15)11-6-5-7-12(8-11)17-3/h5-8,13H,1H2,2-4H3. The second-order valence-electron chi connectivity index (χ2n) is 3.78. The summed E-state index contributed by atoms with van der Waals surface area (Å²) in [5.41, 5.74) is 0.635. The van der Waals surface area contributed by atoms with Gasteiger partial charge in [0, 0.05) is 12.5 Å². The van der Waals surface area contributed by atoms with Crippen LogP contribution in [0.1, 0.15) is 18.6 Å². The summed E-state index contributed by atoms with van der Waals surface area (Å²) in [5.74, 6) is -0.556. The molecule has 0 heterocycles. The summed E-state index contributed by atoms with van der Waals surface area (Å²) < 4.78 is 14.8. The van der Waals surface area contributed by atoms with Crippen LogP contribution in [0, 0.1) is 0 Å². The molecule has 0 N–H and O–H groups in total. The predicted molar refractivity (Wildman–Crippen MR) is 68.7 cm³/mol. The maximum atomic E-state index is 11.5. The Bertz CT molecular complexity index is 492. The van der Waals surface area contributed by atoms with Crippen molar-refractivity contribution in [2.45, 2.75) is 13.0 Å². The lowest BCUT2D eigenvalue weighted by Crippen LogP contribution is -2.17. The van der Waals surface area contributed by atoms with Crippen LogP contribution in [0.5, 0.6) is 5.75 Å². The van der Waals surface area contributed by atoms with Crippen LogP contribution in [-0.2, 0) is 19.1 Å². The summed E-state index contributed by atoms with van der Waals surface area (Å²) in [4.78, 5) is 22.7. The minimum absolute atomic E-state index is 0.0472. The molecule has 0 bridgehead atoms. The maximum absolute atomic E-state index is 11.5. The number of hydrogen-bond donors (Lipinski definition) is 0. The number of methoxy groups -OCH3 is 2. The van der Waals surface area contributed by atoms with E-state index >= 15 is 0 Å². The second kappa shape index (κ2) is 6.58. The molecule has 0 aliphatic carbocycles. The van der Waals surface area contributed by atoms with E-state index in [1.807, 2.05) is 0 Å². The van der Waals surface area contributed by atoms with E-state index in [9.17, 15) is 9.59 Å². The molecule has 0 saturated heterocycles. The SMILES string of the molecule is C=C(C(=O)OC)C(OC(C)=O)c1cccc(OC)c1. The van der Waals surface area contributed by atoms with Crippen molar-refractivity contribution in [3.8, 4) is 5.75 Å². The van der Waals surface area contributed by atoms with E-state index in [0.717, 1.165) is 0 Å². The highest BCUT2D eigenvalue weighted by atomic mass is 16.6. The first-order valence-electron chi connectivity index (χ1n) is 5.58. The van der Waals surface area contributed by atoms with Gasteiger partial charge in [0.15, 0.2) is 6.10 Å². The first kappa shape index (κ1) is 14.8. The maximum Gasteiger partial charge on any atom is 0.337 e. The van der Waals surface area contributed by atoms with Crippen LogP contribution < -0.4 is 4.74 Å². The van der Waals surface area contributed by atoms with Crippen molar-refractivity contribution in [1.29, 1.82) is 0 Å². The van der Waals surface area contributed by atoms with E-state index < -0.39 is 18.0 Å². The summed E-state index contributed by atoms with van der Waals surface area (Å²) in [5, 5.41) is 0. The molecule has 0 aromatic heterocycles. The molecule has 0 fully saturated rings. The Kier molecular flexibility index (Phi) is 5.11. The molecule has 1 unspecified atom stereocenters. The van der Waals surface area contributed by atoms with Crippen molar-refractivity contribution in [3.05, 3.63) is 42.0 Å². The average molecular weight is 264 g/mol. The normalized spacial score (nSPS) is 11.3. The summed E-state index contributed by atoms with van der Waals surface area (Å²) >= 11 is 0. The van der Waals surface area contributed by atoms with Crippen LogP contribution in [0.15, 0.2) is 36.4 Å². The van der Waals surface area contributed by atoms with Crippen molar-refractivity contribution < 1.29 is 23.8 Å². The lowest BCUT2D eigenvalue weighted by Gasteiger charge is -2.18.